The maximum Gasteiger partial charge on any atom is 0.243 e. The van der Waals surface area contributed by atoms with Crippen LogP contribution in [0.5, 0.6) is 0 Å². The predicted molar refractivity (Wildman–Crippen MR) is 84.7 cm³/mol. The summed E-state index contributed by atoms with van der Waals surface area (Å²) in [5.74, 6) is 0. The van der Waals surface area contributed by atoms with Crippen LogP contribution in [0.4, 0.5) is 0 Å². The van der Waals surface area contributed by atoms with Crippen molar-refractivity contribution in [3.63, 3.8) is 0 Å². The first-order chi connectivity index (χ1) is 9.93. The van der Waals surface area contributed by atoms with Gasteiger partial charge in [-0.1, -0.05) is 19.1 Å². The Morgan fingerprint density at radius 3 is 2.43 bits per heavy atom. The Labute approximate surface area is 128 Å². The normalized spacial score (nSPS) is 13.6. The van der Waals surface area contributed by atoms with Gasteiger partial charge >= 0.3 is 0 Å². The smallest absolute Gasteiger partial charge is 0.243 e. The van der Waals surface area contributed by atoms with E-state index in [1.165, 1.54) is 4.31 Å². The van der Waals surface area contributed by atoms with Crippen molar-refractivity contribution in [1.82, 2.24) is 9.62 Å². The molecule has 0 saturated carbocycles. The summed E-state index contributed by atoms with van der Waals surface area (Å²) in [4.78, 5) is 0.312. The van der Waals surface area contributed by atoms with Crippen molar-refractivity contribution in [2.24, 2.45) is 0 Å². The van der Waals surface area contributed by atoms with Gasteiger partial charge in [0.05, 0.1) is 11.5 Å². The molecule has 0 radical (unpaired) electrons. The van der Waals surface area contributed by atoms with E-state index in [0.29, 0.717) is 11.5 Å². The minimum atomic E-state index is -3.47. The zero-order valence-electron chi connectivity index (χ0n) is 13.3. The first kappa shape index (κ1) is 18.1. The number of likely N-dealkylation sites (N-methyl/N-ethyl adjacent to an activating group) is 1. The number of benzene rings is 1. The summed E-state index contributed by atoms with van der Waals surface area (Å²) in [5.41, 5.74) is 1.08. The summed E-state index contributed by atoms with van der Waals surface area (Å²) in [6.07, 6.45) is 1.08. The molecule has 0 bridgehead atoms. The number of nitrogens with zero attached hydrogens (tertiary/aromatic N) is 1. The van der Waals surface area contributed by atoms with Gasteiger partial charge in [0, 0.05) is 26.7 Å². The maximum absolute atomic E-state index is 12.5. The molecule has 0 spiro atoms. The zero-order chi connectivity index (χ0) is 15.9. The van der Waals surface area contributed by atoms with Crippen LogP contribution >= 0.6 is 0 Å². The van der Waals surface area contributed by atoms with E-state index < -0.39 is 10.0 Å². The van der Waals surface area contributed by atoms with Crippen molar-refractivity contribution in [1.29, 1.82) is 0 Å². The van der Waals surface area contributed by atoms with E-state index in [2.05, 4.69) is 12.2 Å². The third kappa shape index (κ3) is 5.07. The third-order valence-corrected chi connectivity index (χ3v) is 5.37. The number of hydrogen-bond donors (Lipinski definition) is 1. The first-order valence-corrected chi connectivity index (χ1v) is 8.64. The molecule has 1 rings (SSSR count). The highest BCUT2D eigenvalue weighted by Gasteiger charge is 2.25. The molecule has 0 fully saturated rings. The van der Waals surface area contributed by atoms with Gasteiger partial charge in [-0.05, 0) is 37.6 Å². The van der Waals surface area contributed by atoms with Gasteiger partial charge in [0.15, 0.2) is 0 Å². The molecule has 1 N–H and O–H groups in total. The highest BCUT2D eigenvalue weighted by molar-refractivity contribution is 7.89. The van der Waals surface area contributed by atoms with Gasteiger partial charge in [-0.2, -0.15) is 4.31 Å². The molecule has 1 atom stereocenters. The molecule has 1 aromatic rings. The molecule has 0 aliphatic heterocycles. The lowest BCUT2D eigenvalue weighted by molar-refractivity contribution is 0.149. The SMILES string of the molecule is CCCNCc1ccc(S(=O)(=O)N(C)C(C)COC)cc1. The molecule has 0 amide bonds. The Hall–Kier alpha value is -0.950. The fraction of sp³-hybridized carbons (Fsp3) is 0.600. The lowest BCUT2D eigenvalue weighted by atomic mass is 10.2. The third-order valence-electron chi connectivity index (χ3n) is 3.38. The van der Waals surface area contributed by atoms with Gasteiger partial charge in [-0.25, -0.2) is 8.42 Å². The van der Waals surface area contributed by atoms with Crippen LogP contribution < -0.4 is 5.32 Å². The second kappa shape index (κ2) is 8.48. The Morgan fingerprint density at radius 2 is 1.90 bits per heavy atom. The summed E-state index contributed by atoms with van der Waals surface area (Å²) in [6, 6.07) is 6.82. The van der Waals surface area contributed by atoms with E-state index in [0.717, 1.165) is 25.1 Å². The molecule has 0 aliphatic carbocycles. The van der Waals surface area contributed by atoms with E-state index in [-0.39, 0.29) is 6.04 Å². The molecule has 21 heavy (non-hydrogen) atoms. The molecule has 0 aromatic heterocycles. The van der Waals surface area contributed by atoms with Crippen molar-refractivity contribution in [2.75, 3.05) is 27.3 Å². The van der Waals surface area contributed by atoms with Crippen molar-refractivity contribution >= 4 is 10.0 Å². The summed E-state index contributed by atoms with van der Waals surface area (Å²) < 4.78 is 31.3. The number of hydrogen-bond acceptors (Lipinski definition) is 4. The number of rotatable bonds is 9. The van der Waals surface area contributed by atoms with Crippen molar-refractivity contribution in [2.45, 2.75) is 37.8 Å². The summed E-state index contributed by atoms with van der Waals surface area (Å²) in [6.45, 7) is 6.01. The molecule has 1 aromatic carbocycles. The number of methoxy groups -OCH3 is 1. The summed E-state index contributed by atoms with van der Waals surface area (Å²) in [5, 5.41) is 3.29. The van der Waals surface area contributed by atoms with Gasteiger partial charge in [0.2, 0.25) is 10.0 Å². The molecule has 5 nitrogen and oxygen atoms in total. The van der Waals surface area contributed by atoms with Crippen LogP contribution in [0.1, 0.15) is 25.8 Å². The van der Waals surface area contributed by atoms with Crippen molar-refractivity contribution in [3.8, 4) is 0 Å². The molecule has 0 heterocycles. The standard InChI is InChI=1S/C15H26N2O3S/c1-5-10-16-11-14-6-8-15(9-7-14)21(18,19)17(3)13(2)12-20-4/h6-9,13,16H,5,10-12H2,1-4H3. The predicted octanol–water partition coefficient (Wildman–Crippen LogP) is 1.84. The Morgan fingerprint density at radius 1 is 1.29 bits per heavy atom. The van der Waals surface area contributed by atoms with Crippen molar-refractivity contribution in [3.05, 3.63) is 29.8 Å². The maximum atomic E-state index is 12.5. The number of sulfonamides is 1. The summed E-state index contributed by atoms with van der Waals surface area (Å²) in [7, 11) is -0.326. The summed E-state index contributed by atoms with van der Waals surface area (Å²) >= 11 is 0. The average Bonchev–Trinajstić information content (AvgIpc) is 2.47. The lowest BCUT2D eigenvalue weighted by Gasteiger charge is -2.23. The second-order valence-electron chi connectivity index (χ2n) is 5.15. The number of ether oxygens (including phenoxy) is 1. The van der Waals surface area contributed by atoms with E-state index in [4.69, 9.17) is 4.74 Å². The minimum Gasteiger partial charge on any atom is -0.383 e. The van der Waals surface area contributed by atoms with Crippen LogP contribution in [0.3, 0.4) is 0 Å². The molecular weight excluding hydrogens is 288 g/mol. The van der Waals surface area contributed by atoms with Crippen molar-refractivity contribution < 1.29 is 13.2 Å². The van der Waals surface area contributed by atoms with E-state index in [9.17, 15) is 8.42 Å². The molecule has 0 aliphatic rings. The molecule has 1 unspecified atom stereocenters. The Bertz CT molecular complexity index is 514. The zero-order valence-corrected chi connectivity index (χ0v) is 14.1. The Kier molecular flexibility index (Phi) is 7.31. The fourth-order valence-electron chi connectivity index (χ4n) is 1.94. The molecule has 6 heteroatoms. The fourth-order valence-corrected chi connectivity index (χ4v) is 3.29. The van der Waals surface area contributed by atoms with Crippen LogP contribution in [-0.4, -0.2) is 46.1 Å². The molecular formula is C15H26N2O3S. The van der Waals surface area contributed by atoms with Gasteiger partial charge in [-0.3, -0.25) is 0 Å². The van der Waals surface area contributed by atoms with Crippen LogP contribution in [-0.2, 0) is 21.3 Å². The largest absolute Gasteiger partial charge is 0.383 e. The number of nitrogens with one attached hydrogen (secondary N) is 1. The van der Waals surface area contributed by atoms with E-state index >= 15 is 0 Å². The minimum absolute atomic E-state index is 0.203. The Balaban J connectivity index is 2.79. The monoisotopic (exact) mass is 314 g/mol. The molecule has 120 valence electrons. The van der Waals surface area contributed by atoms with Gasteiger partial charge in [0.1, 0.15) is 0 Å². The molecule has 0 saturated heterocycles. The second-order valence-corrected chi connectivity index (χ2v) is 7.14. The van der Waals surface area contributed by atoms with Gasteiger partial charge < -0.3 is 10.1 Å². The van der Waals surface area contributed by atoms with E-state index in [1.54, 1.807) is 26.3 Å². The van der Waals surface area contributed by atoms with Crippen LogP contribution in [0.2, 0.25) is 0 Å². The topological polar surface area (TPSA) is 58.6 Å². The first-order valence-electron chi connectivity index (χ1n) is 7.20. The van der Waals surface area contributed by atoms with Gasteiger partial charge in [-0.15, -0.1) is 0 Å². The van der Waals surface area contributed by atoms with E-state index in [1.807, 2.05) is 19.1 Å². The quantitative estimate of drug-likeness (QED) is 0.707. The van der Waals surface area contributed by atoms with Crippen LogP contribution in [0.25, 0.3) is 0 Å². The average molecular weight is 314 g/mol. The lowest BCUT2D eigenvalue weighted by Crippen LogP contribution is -2.37. The van der Waals surface area contributed by atoms with Crippen LogP contribution in [0, 0.1) is 0 Å². The van der Waals surface area contributed by atoms with Gasteiger partial charge in [0.25, 0.3) is 0 Å². The van der Waals surface area contributed by atoms with Crippen LogP contribution in [0.15, 0.2) is 29.2 Å². The highest BCUT2D eigenvalue weighted by Crippen LogP contribution is 2.17. The highest BCUT2D eigenvalue weighted by atomic mass is 32.2.